The standard InChI is InChI=1S/C8H9B2FO/c9-4-8(12)5-1-2-7(11)6(10)3-5/h1-3H,4,9-10H2. The molecular formula is C8H9B2FO. The quantitative estimate of drug-likeness (QED) is 0.415. The van der Waals surface area contributed by atoms with E-state index in [9.17, 15) is 9.18 Å². The summed E-state index contributed by atoms with van der Waals surface area (Å²) in [5.41, 5.74) is 1.12. The summed E-state index contributed by atoms with van der Waals surface area (Å²) in [5.74, 6) is -0.208. The number of ketones is 1. The molecule has 0 amide bonds. The van der Waals surface area contributed by atoms with Gasteiger partial charge in [0, 0.05) is 5.56 Å². The number of halogens is 1. The Balaban J connectivity index is 3.05. The maximum absolute atomic E-state index is 12.8. The monoisotopic (exact) mass is 162 g/mol. The van der Waals surface area contributed by atoms with Crippen molar-refractivity contribution in [1.29, 1.82) is 0 Å². The highest BCUT2D eigenvalue weighted by molar-refractivity contribution is 6.33. The molecule has 1 nitrogen and oxygen atoms in total. The normalized spacial score (nSPS) is 9.75. The van der Waals surface area contributed by atoms with Crippen LogP contribution in [0.3, 0.4) is 0 Å². The van der Waals surface area contributed by atoms with E-state index in [1.807, 2.05) is 0 Å². The van der Waals surface area contributed by atoms with Crippen molar-refractivity contribution in [3.63, 3.8) is 0 Å². The smallest absolute Gasteiger partial charge is 0.155 e. The number of benzene rings is 1. The fourth-order valence-electron chi connectivity index (χ4n) is 1.02. The van der Waals surface area contributed by atoms with Crippen LogP contribution in [0.25, 0.3) is 0 Å². The Morgan fingerprint density at radius 3 is 2.67 bits per heavy atom. The van der Waals surface area contributed by atoms with Gasteiger partial charge in [-0.2, -0.15) is 0 Å². The van der Waals surface area contributed by atoms with Crippen molar-refractivity contribution in [3.05, 3.63) is 29.6 Å². The molecule has 0 aliphatic rings. The Kier molecular flexibility index (Phi) is 2.69. The first-order valence-electron chi connectivity index (χ1n) is 3.94. The molecule has 0 spiro atoms. The average molecular weight is 162 g/mol. The van der Waals surface area contributed by atoms with E-state index in [1.54, 1.807) is 21.8 Å². The predicted octanol–water partition coefficient (Wildman–Crippen LogP) is -0.682. The van der Waals surface area contributed by atoms with E-state index in [-0.39, 0.29) is 11.6 Å². The second kappa shape index (κ2) is 3.57. The van der Waals surface area contributed by atoms with Crippen LogP contribution in [0.1, 0.15) is 10.4 Å². The lowest BCUT2D eigenvalue weighted by molar-refractivity contribution is 0.101. The third-order valence-corrected chi connectivity index (χ3v) is 1.80. The van der Waals surface area contributed by atoms with Gasteiger partial charge in [0.2, 0.25) is 0 Å². The van der Waals surface area contributed by atoms with Gasteiger partial charge in [0.1, 0.15) is 21.5 Å². The van der Waals surface area contributed by atoms with Gasteiger partial charge < -0.3 is 0 Å². The molecule has 1 aromatic rings. The van der Waals surface area contributed by atoms with Crippen molar-refractivity contribution >= 4 is 26.9 Å². The first kappa shape index (κ1) is 9.04. The number of Topliss-reactive ketones (excluding diaryl/α,β-unsaturated/α-hetero) is 1. The van der Waals surface area contributed by atoms with Gasteiger partial charge in [-0.25, -0.2) is 4.39 Å². The maximum Gasteiger partial charge on any atom is 0.155 e. The highest BCUT2D eigenvalue weighted by Crippen LogP contribution is 2.02. The van der Waals surface area contributed by atoms with Crippen LogP contribution in [-0.2, 0) is 0 Å². The molecule has 0 saturated heterocycles. The minimum Gasteiger partial charge on any atom is -0.295 e. The largest absolute Gasteiger partial charge is 0.295 e. The highest BCUT2D eigenvalue weighted by atomic mass is 19.1. The molecule has 0 bridgehead atoms. The number of rotatable bonds is 2. The summed E-state index contributed by atoms with van der Waals surface area (Å²) < 4.78 is 12.8. The SMILES string of the molecule is BCC(=O)c1ccc(F)c(B)c1. The van der Waals surface area contributed by atoms with E-state index < -0.39 is 0 Å². The molecule has 1 aromatic carbocycles. The molecule has 1 rings (SSSR count). The summed E-state index contributed by atoms with van der Waals surface area (Å²) >= 11 is 0. The van der Waals surface area contributed by atoms with E-state index in [0.29, 0.717) is 17.3 Å². The van der Waals surface area contributed by atoms with Gasteiger partial charge in [-0.3, -0.25) is 4.79 Å². The average Bonchev–Trinajstić information content (AvgIpc) is 2.08. The van der Waals surface area contributed by atoms with E-state index in [4.69, 9.17) is 0 Å². The molecule has 60 valence electrons. The molecule has 0 heterocycles. The van der Waals surface area contributed by atoms with Crippen molar-refractivity contribution in [1.82, 2.24) is 0 Å². The van der Waals surface area contributed by atoms with E-state index >= 15 is 0 Å². The maximum atomic E-state index is 12.8. The lowest BCUT2D eigenvalue weighted by atomic mass is 9.89. The minimum atomic E-state index is -0.261. The van der Waals surface area contributed by atoms with Crippen LogP contribution < -0.4 is 5.46 Å². The predicted molar refractivity (Wildman–Crippen MR) is 52.3 cm³/mol. The Hall–Kier alpha value is -1.05. The molecule has 4 heteroatoms. The second-order valence-corrected chi connectivity index (χ2v) is 2.74. The van der Waals surface area contributed by atoms with Gasteiger partial charge in [-0.15, -0.1) is 0 Å². The topological polar surface area (TPSA) is 17.1 Å². The summed E-state index contributed by atoms with van der Waals surface area (Å²) in [5, 5.41) is 0. The molecule has 0 aliphatic carbocycles. The van der Waals surface area contributed by atoms with Crippen molar-refractivity contribution in [2.45, 2.75) is 6.32 Å². The van der Waals surface area contributed by atoms with E-state index in [1.165, 1.54) is 12.1 Å². The van der Waals surface area contributed by atoms with Crippen molar-refractivity contribution in [2.24, 2.45) is 0 Å². The van der Waals surface area contributed by atoms with Crippen molar-refractivity contribution in [2.75, 3.05) is 0 Å². The molecule has 0 atom stereocenters. The van der Waals surface area contributed by atoms with Crippen LogP contribution in [0.2, 0.25) is 6.32 Å². The number of hydrogen-bond acceptors (Lipinski definition) is 1. The molecule has 0 fully saturated rings. The van der Waals surface area contributed by atoms with Crippen LogP contribution in [0.15, 0.2) is 18.2 Å². The van der Waals surface area contributed by atoms with Gasteiger partial charge in [0.25, 0.3) is 0 Å². The summed E-state index contributed by atoms with van der Waals surface area (Å²) in [6, 6.07) is 4.44. The number of hydrogen-bond donors (Lipinski definition) is 0. The van der Waals surface area contributed by atoms with Crippen LogP contribution in [0.5, 0.6) is 0 Å². The van der Waals surface area contributed by atoms with E-state index in [2.05, 4.69) is 0 Å². The van der Waals surface area contributed by atoms with E-state index in [0.717, 1.165) is 0 Å². The molecule has 12 heavy (non-hydrogen) atoms. The zero-order chi connectivity index (χ0) is 9.14. The van der Waals surface area contributed by atoms with Gasteiger partial charge in [-0.1, -0.05) is 11.5 Å². The van der Waals surface area contributed by atoms with Crippen molar-refractivity contribution in [3.8, 4) is 0 Å². The molecule has 0 N–H and O–H groups in total. The molecule has 0 unspecified atom stereocenters. The lowest BCUT2D eigenvalue weighted by Gasteiger charge is -2.00. The van der Waals surface area contributed by atoms with Gasteiger partial charge in [0.15, 0.2) is 5.78 Å². The zero-order valence-electron chi connectivity index (χ0n) is 7.23. The van der Waals surface area contributed by atoms with Crippen molar-refractivity contribution < 1.29 is 9.18 Å². The third-order valence-electron chi connectivity index (χ3n) is 1.80. The third kappa shape index (κ3) is 1.76. The van der Waals surface area contributed by atoms with Crippen LogP contribution in [0.4, 0.5) is 4.39 Å². The van der Waals surface area contributed by atoms with Crippen LogP contribution >= 0.6 is 0 Å². The van der Waals surface area contributed by atoms with Gasteiger partial charge in [0.05, 0.1) is 0 Å². The Morgan fingerprint density at radius 2 is 2.17 bits per heavy atom. The second-order valence-electron chi connectivity index (χ2n) is 2.74. The molecule has 0 radical (unpaired) electrons. The highest BCUT2D eigenvalue weighted by Gasteiger charge is 2.04. The number of carbonyl (C=O) groups excluding carboxylic acids is 1. The molecule has 0 aliphatic heterocycles. The zero-order valence-corrected chi connectivity index (χ0v) is 7.23. The fraction of sp³-hybridized carbons (Fsp3) is 0.125. The van der Waals surface area contributed by atoms with Gasteiger partial charge in [-0.05, 0) is 18.5 Å². The summed E-state index contributed by atoms with van der Waals surface area (Å²) in [6.45, 7) is 0. The molecule has 0 aromatic heterocycles. The Morgan fingerprint density at radius 1 is 1.50 bits per heavy atom. The lowest BCUT2D eigenvalue weighted by Crippen LogP contribution is -2.11. The minimum absolute atomic E-state index is 0.0538. The van der Waals surface area contributed by atoms with Gasteiger partial charge >= 0.3 is 0 Å². The Labute approximate surface area is 72.8 Å². The number of carbonyl (C=O) groups is 1. The molecule has 0 saturated carbocycles. The summed E-state index contributed by atoms with van der Waals surface area (Å²) in [4.78, 5) is 11.2. The first-order valence-corrected chi connectivity index (χ1v) is 3.94. The summed E-state index contributed by atoms with van der Waals surface area (Å²) in [7, 11) is 3.45. The van der Waals surface area contributed by atoms with Crippen LogP contribution in [0, 0.1) is 5.82 Å². The summed E-state index contributed by atoms with van der Waals surface area (Å²) in [6.07, 6.45) is 0.463. The molecular weight excluding hydrogens is 153 g/mol. The Bertz CT molecular complexity index is 312. The van der Waals surface area contributed by atoms with Crippen LogP contribution in [-0.4, -0.2) is 21.5 Å². The first-order chi connectivity index (χ1) is 5.65. The fourth-order valence-corrected chi connectivity index (χ4v) is 1.02.